The van der Waals surface area contributed by atoms with Gasteiger partial charge in [-0.25, -0.2) is 9.36 Å². The lowest BCUT2D eigenvalue weighted by Crippen LogP contribution is -2.34. The monoisotopic (exact) mass is 373 g/mol. The number of nitrogens with two attached hydrogens (primary N) is 1. The molecule has 11 heteroatoms. The molecule has 0 aliphatic carbocycles. The third-order valence-electron chi connectivity index (χ3n) is 3.51. The molecule has 0 atom stereocenters. The molecule has 0 fully saturated rings. The van der Waals surface area contributed by atoms with Crippen LogP contribution < -0.4 is 5.84 Å². The number of nitrogen functional groups attached to an aromatic ring is 1. The molecule has 0 saturated heterocycles. The second kappa shape index (κ2) is 8.87. The van der Waals surface area contributed by atoms with Gasteiger partial charge < -0.3 is 10.7 Å². The fraction of sp³-hybridized carbons (Fsp3) is 0.467. The van der Waals surface area contributed by atoms with Crippen molar-refractivity contribution in [2.45, 2.75) is 31.8 Å². The molecule has 0 unspecified atom stereocenters. The van der Waals surface area contributed by atoms with Gasteiger partial charge in [-0.05, 0) is 19.9 Å². The van der Waals surface area contributed by atoms with Crippen LogP contribution in [-0.4, -0.2) is 54.3 Å². The van der Waals surface area contributed by atoms with E-state index < -0.39 is 0 Å². The molecule has 10 nitrogen and oxygen atoms in total. The van der Waals surface area contributed by atoms with Gasteiger partial charge in [-0.15, -0.1) is 10.2 Å². The van der Waals surface area contributed by atoms with E-state index in [0.717, 1.165) is 23.1 Å². The Labute approximate surface area is 155 Å². The highest BCUT2D eigenvalue weighted by Crippen LogP contribution is 2.18. The van der Waals surface area contributed by atoms with Crippen LogP contribution in [0, 0.1) is 36.5 Å². The van der Waals surface area contributed by atoms with E-state index in [0.29, 0.717) is 24.2 Å². The number of thioether (sulfide) groups is 1. The zero-order valence-electron chi connectivity index (χ0n) is 14.6. The van der Waals surface area contributed by atoms with E-state index in [1.54, 1.807) is 4.68 Å². The minimum atomic E-state index is -0.184. The number of nitriles is 2. The molecular formula is C15H19N9OS. The number of amides is 1. The molecule has 2 heterocycles. The van der Waals surface area contributed by atoms with Gasteiger partial charge in [0.15, 0.2) is 0 Å². The Bertz CT molecular complexity index is 840. The van der Waals surface area contributed by atoms with Gasteiger partial charge in [0.2, 0.25) is 11.1 Å². The highest BCUT2D eigenvalue weighted by Gasteiger charge is 2.18. The van der Waals surface area contributed by atoms with Crippen molar-refractivity contribution >= 4 is 17.7 Å². The maximum atomic E-state index is 12.3. The maximum Gasteiger partial charge on any atom is 0.271 e. The summed E-state index contributed by atoms with van der Waals surface area (Å²) in [5.74, 6) is 6.30. The van der Waals surface area contributed by atoms with E-state index in [4.69, 9.17) is 16.4 Å². The molecule has 1 amide bonds. The summed E-state index contributed by atoms with van der Waals surface area (Å²) in [4.78, 5) is 13.8. The van der Waals surface area contributed by atoms with Crippen LogP contribution in [0.25, 0.3) is 5.95 Å². The Morgan fingerprint density at radius 1 is 1.27 bits per heavy atom. The normalized spacial score (nSPS) is 10.3. The third kappa shape index (κ3) is 4.52. The molecule has 0 spiro atoms. The number of carbonyl (C=O) groups is 1. The Morgan fingerprint density at radius 2 is 1.92 bits per heavy atom. The first-order valence-corrected chi connectivity index (χ1v) is 8.85. The van der Waals surface area contributed by atoms with Crippen molar-refractivity contribution in [3.63, 3.8) is 0 Å². The second-order valence-corrected chi connectivity index (χ2v) is 6.42. The summed E-state index contributed by atoms with van der Waals surface area (Å²) in [5, 5.41) is 30.1. The summed E-state index contributed by atoms with van der Waals surface area (Å²) in [6.45, 7) is 4.34. The van der Waals surface area contributed by atoms with Gasteiger partial charge in [-0.1, -0.05) is 11.8 Å². The van der Waals surface area contributed by atoms with Crippen LogP contribution in [0.2, 0.25) is 0 Å². The van der Waals surface area contributed by atoms with Gasteiger partial charge in [0.25, 0.3) is 5.95 Å². The van der Waals surface area contributed by atoms with Crippen molar-refractivity contribution in [2.24, 2.45) is 0 Å². The van der Waals surface area contributed by atoms with E-state index in [2.05, 4.69) is 15.3 Å². The average molecular weight is 373 g/mol. The first kappa shape index (κ1) is 19.3. The lowest BCUT2D eigenvalue weighted by Gasteiger charge is -2.19. The molecule has 2 rings (SSSR count). The van der Waals surface area contributed by atoms with Crippen molar-refractivity contribution in [2.75, 3.05) is 24.7 Å². The predicted molar refractivity (Wildman–Crippen MR) is 94.5 cm³/mol. The molecule has 0 aliphatic rings. The quantitative estimate of drug-likeness (QED) is 0.522. The smallest absolute Gasteiger partial charge is 0.271 e. The van der Waals surface area contributed by atoms with Crippen molar-refractivity contribution < 1.29 is 4.79 Å². The standard InChI is InChI=1S/C15H19N9OS/c1-11-9-12(2)24(21-11)14-19-20-15(23(14)18)26-10-13(25)22(7-3-5-16)8-4-6-17/h9H,3-4,7-8,10,18H2,1-2H3. The lowest BCUT2D eigenvalue weighted by atomic mass is 10.3. The molecule has 26 heavy (non-hydrogen) atoms. The Morgan fingerprint density at radius 3 is 2.46 bits per heavy atom. The molecule has 0 aliphatic heterocycles. The van der Waals surface area contributed by atoms with Gasteiger partial charge in [0.1, 0.15) is 0 Å². The van der Waals surface area contributed by atoms with Crippen molar-refractivity contribution in [1.82, 2.24) is 29.6 Å². The topological polar surface area (TPSA) is 142 Å². The van der Waals surface area contributed by atoms with Crippen LogP contribution in [-0.2, 0) is 4.79 Å². The van der Waals surface area contributed by atoms with Crippen LogP contribution in [0.1, 0.15) is 24.2 Å². The largest absolute Gasteiger partial charge is 0.340 e. The molecule has 136 valence electrons. The van der Waals surface area contributed by atoms with Crippen LogP contribution in [0.4, 0.5) is 0 Å². The summed E-state index contributed by atoms with van der Waals surface area (Å²) in [5.41, 5.74) is 1.70. The van der Waals surface area contributed by atoms with E-state index in [1.807, 2.05) is 32.1 Å². The minimum absolute atomic E-state index is 0.0866. The summed E-state index contributed by atoms with van der Waals surface area (Å²) in [6, 6.07) is 5.90. The summed E-state index contributed by atoms with van der Waals surface area (Å²) < 4.78 is 2.87. The van der Waals surface area contributed by atoms with E-state index in [-0.39, 0.29) is 24.5 Å². The molecule has 0 bridgehead atoms. The minimum Gasteiger partial charge on any atom is -0.340 e. The van der Waals surface area contributed by atoms with Gasteiger partial charge in [-0.2, -0.15) is 15.6 Å². The fourth-order valence-electron chi connectivity index (χ4n) is 2.29. The van der Waals surface area contributed by atoms with Crippen molar-refractivity contribution in [1.29, 1.82) is 10.5 Å². The zero-order chi connectivity index (χ0) is 19.1. The van der Waals surface area contributed by atoms with Crippen molar-refractivity contribution in [3.8, 4) is 18.1 Å². The SMILES string of the molecule is Cc1cc(C)n(-c2nnc(SCC(=O)N(CCC#N)CCC#N)n2N)n1. The first-order chi connectivity index (χ1) is 12.5. The third-order valence-corrected chi connectivity index (χ3v) is 4.44. The summed E-state index contributed by atoms with van der Waals surface area (Å²) in [7, 11) is 0. The molecule has 2 aromatic rings. The van der Waals surface area contributed by atoms with Gasteiger partial charge >= 0.3 is 0 Å². The molecule has 0 aromatic carbocycles. The Kier molecular flexibility index (Phi) is 6.58. The van der Waals surface area contributed by atoms with E-state index in [9.17, 15) is 4.79 Å². The second-order valence-electron chi connectivity index (χ2n) is 5.48. The van der Waals surface area contributed by atoms with Crippen LogP contribution in [0.15, 0.2) is 11.2 Å². The van der Waals surface area contributed by atoms with Crippen LogP contribution in [0.3, 0.4) is 0 Å². The average Bonchev–Trinajstić information content (AvgIpc) is 3.14. The summed E-state index contributed by atoms with van der Waals surface area (Å²) >= 11 is 1.14. The molecule has 2 aromatic heterocycles. The predicted octanol–water partition coefficient (Wildman–Crippen LogP) is 0.542. The van der Waals surface area contributed by atoms with E-state index >= 15 is 0 Å². The molecule has 2 N–H and O–H groups in total. The molecule has 0 radical (unpaired) electrons. The van der Waals surface area contributed by atoms with Crippen molar-refractivity contribution in [3.05, 3.63) is 17.5 Å². The van der Waals surface area contributed by atoms with Gasteiger partial charge in [0, 0.05) is 18.8 Å². The number of aryl methyl sites for hydroxylation is 2. The number of hydrogen-bond donors (Lipinski definition) is 1. The number of hydrogen-bond acceptors (Lipinski definition) is 8. The number of nitrogens with zero attached hydrogens (tertiary/aromatic N) is 8. The highest BCUT2D eigenvalue weighted by molar-refractivity contribution is 7.99. The zero-order valence-corrected chi connectivity index (χ0v) is 15.4. The van der Waals surface area contributed by atoms with E-state index in [1.165, 1.54) is 9.58 Å². The lowest BCUT2D eigenvalue weighted by molar-refractivity contribution is -0.128. The Hall–Kier alpha value is -3.05. The molecular weight excluding hydrogens is 354 g/mol. The van der Waals surface area contributed by atoms with Gasteiger partial charge in [-0.3, -0.25) is 4.79 Å². The maximum absolute atomic E-state index is 12.3. The number of rotatable bonds is 8. The van der Waals surface area contributed by atoms with Gasteiger partial charge in [0.05, 0.1) is 36.4 Å². The summed E-state index contributed by atoms with van der Waals surface area (Å²) in [6.07, 6.45) is 0.438. The van der Waals surface area contributed by atoms with Crippen LogP contribution >= 0.6 is 11.8 Å². The van der Waals surface area contributed by atoms with Crippen LogP contribution in [0.5, 0.6) is 0 Å². The highest BCUT2D eigenvalue weighted by atomic mass is 32.2. The Balaban J connectivity index is 2.05. The molecule has 0 saturated carbocycles. The number of carbonyl (C=O) groups excluding carboxylic acids is 1. The first-order valence-electron chi connectivity index (χ1n) is 7.86. The fourth-order valence-corrected chi connectivity index (χ4v) is 3.05. The number of aromatic nitrogens is 5.